The lowest BCUT2D eigenvalue weighted by molar-refractivity contribution is 0.867. The molecule has 0 fully saturated rings. The van der Waals surface area contributed by atoms with Crippen molar-refractivity contribution in [3.63, 3.8) is 0 Å². The highest BCUT2D eigenvalue weighted by Gasteiger charge is 2.08. The van der Waals surface area contributed by atoms with Crippen LogP contribution >= 0.6 is 11.6 Å². The van der Waals surface area contributed by atoms with Gasteiger partial charge in [-0.1, -0.05) is 48.0 Å². The van der Waals surface area contributed by atoms with Crippen molar-refractivity contribution in [1.29, 1.82) is 0 Å². The number of benzene rings is 2. The zero-order valence-corrected chi connectivity index (χ0v) is 14.4. The molecular weight excluding hydrogens is 320 g/mol. The van der Waals surface area contributed by atoms with E-state index in [4.69, 9.17) is 11.6 Å². The van der Waals surface area contributed by atoms with E-state index in [0.29, 0.717) is 10.8 Å². The molecule has 2 aromatic carbocycles. The maximum Gasteiger partial charge on any atom is 0.136 e. The second-order valence-electron chi connectivity index (χ2n) is 5.60. The standard InChI is InChI=1S/C19H19ClN4/c1-13(15-7-4-3-5-8-15)21-18-12-19(23-14(2)22-18)24-17-10-6-9-16(20)11-17/h3-13H,1-2H3,(H2,21,22,23,24). The zero-order chi connectivity index (χ0) is 16.9. The number of aryl methyl sites for hydroxylation is 1. The fraction of sp³-hybridized carbons (Fsp3) is 0.158. The highest BCUT2D eigenvalue weighted by Crippen LogP contribution is 2.23. The van der Waals surface area contributed by atoms with Gasteiger partial charge in [0.05, 0.1) is 0 Å². The molecule has 0 aliphatic carbocycles. The van der Waals surface area contributed by atoms with Gasteiger partial charge < -0.3 is 10.6 Å². The minimum atomic E-state index is 0.152. The SMILES string of the molecule is Cc1nc(Nc2cccc(Cl)c2)cc(NC(C)c2ccccc2)n1. The first-order chi connectivity index (χ1) is 11.6. The molecular formula is C19H19ClN4. The second-order valence-corrected chi connectivity index (χ2v) is 6.03. The van der Waals surface area contributed by atoms with E-state index in [2.05, 4.69) is 39.7 Å². The Morgan fingerprint density at radius 3 is 2.42 bits per heavy atom. The van der Waals surface area contributed by atoms with Crippen molar-refractivity contribution in [2.24, 2.45) is 0 Å². The summed E-state index contributed by atoms with van der Waals surface area (Å²) in [6.45, 7) is 3.98. The molecule has 0 saturated heterocycles. The summed E-state index contributed by atoms with van der Waals surface area (Å²) in [4.78, 5) is 8.90. The highest BCUT2D eigenvalue weighted by atomic mass is 35.5. The van der Waals surface area contributed by atoms with Crippen LogP contribution in [0.3, 0.4) is 0 Å². The molecule has 0 bridgehead atoms. The Hall–Kier alpha value is -2.59. The number of halogens is 1. The van der Waals surface area contributed by atoms with Crippen LogP contribution in [-0.2, 0) is 0 Å². The summed E-state index contributed by atoms with van der Waals surface area (Å²) in [6.07, 6.45) is 0. The van der Waals surface area contributed by atoms with Crippen molar-refractivity contribution in [1.82, 2.24) is 9.97 Å². The van der Waals surface area contributed by atoms with Crippen LogP contribution in [0.4, 0.5) is 17.3 Å². The third-order valence-electron chi connectivity index (χ3n) is 3.60. The highest BCUT2D eigenvalue weighted by molar-refractivity contribution is 6.30. The monoisotopic (exact) mass is 338 g/mol. The van der Waals surface area contributed by atoms with Crippen LogP contribution in [-0.4, -0.2) is 9.97 Å². The molecule has 5 heteroatoms. The Labute approximate surface area is 146 Å². The maximum absolute atomic E-state index is 6.03. The first-order valence-corrected chi connectivity index (χ1v) is 8.18. The lowest BCUT2D eigenvalue weighted by atomic mass is 10.1. The molecule has 3 aromatic rings. The van der Waals surface area contributed by atoms with Gasteiger partial charge in [0.1, 0.15) is 17.5 Å². The Morgan fingerprint density at radius 2 is 1.67 bits per heavy atom. The molecule has 3 rings (SSSR count). The number of rotatable bonds is 5. The fourth-order valence-electron chi connectivity index (χ4n) is 2.47. The predicted molar refractivity (Wildman–Crippen MR) is 100.0 cm³/mol. The van der Waals surface area contributed by atoms with Gasteiger partial charge in [0.2, 0.25) is 0 Å². The van der Waals surface area contributed by atoms with E-state index in [1.165, 1.54) is 5.56 Å². The average molecular weight is 339 g/mol. The lowest BCUT2D eigenvalue weighted by Gasteiger charge is -2.16. The Morgan fingerprint density at radius 1 is 0.917 bits per heavy atom. The third-order valence-corrected chi connectivity index (χ3v) is 3.83. The minimum Gasteiger partial charge on any atom is -0.363 e. The molecule has 0 aliphatic rings. The lowest BCUT2D eigenvalue weighted by Crippen LogP contribution is -2.09. The number of hydrogen-bond acceptors (Lipinski definition) is 4. The van der Waals surface area contributed by atoms with Crippen LogP contribution in [0.2, 0.25) is 5.02 Å². The number of aromatic nitrogens is 2. The Balaban J connectivity index is 1.79. The molecule has 1 unspecified atom stereocenters. The van der Waals surface area contributed by atoms with Gasteiger partial charge >= 0.3 is 0 Å². The quantitative estimate of drug-likeness (QED) is 0.658. The molecule has 0 amide bonds. The second kappa shape index (κ2) is 7.32. The smallest absolute Gasteiger partial charge is 0.136 e. The summed E-state index contributed by atoms with van der Waals surface area (Å²) >= 11 is 6.03. The molecule has 1 aromatic heterocycles. The third kappa shape index (κ3) is 4.24. The van der Waals surface area contributed by atoms with E-state index in [-0.39, 0.29) is 6.04 Å². The Kier molecular flexibility index (Phi) is 4.96. The molecule has 2 N–H and O–H groups in total. The zero-order valence-electron chi connectivity index (χ0n) is 13.6. The van der Waals surface area contributed by atoms with Gasteiger partial charge in [0.25, 0.3) is 0 Å². The van der Waals surface area contributed by atoms with Gasteiger partial charge in [-0.3, -0.25) is 0 Å². The molecule has 24 heavy (non-hydrogen) atoms. The van der Waals surface area contributed by atoms with Gasteiger partial charge in [-0.15, -0.1) is 0 Å². The van der Waals surface area contributed by atoms with Crippen LogP contribution in [0.1, 0.15) is 24.4 Å². The van der Waals surface area contributed by atoms with E-state index >= 15 is 0 Å². The van der Waals surface area contributed by atoms with Crippen LogP contribution in [0.15, 0.2) is 60.7 Å². The van der Waals surface area contributed by atoms with Crippen molar-refractivity contribution < 1.29 is 0 Å². The predicted octanol–water partition coefficient (Wildman–Crippen LogP) is 5.36. The average Bonchev–Trinajstić information content (AvgIpc) is 2.55. The molecule has 4 nitrogen and oxygen atoms in total. The van der Waals surface area contributed by atoms with Gasteiger partial charge in [-0.25, -0.2) is 9.97 Å². The van der Waals surface area contributed by atoms with Crippen LogP contribution in [0, 0.1) is 6.92 Å². The molecule has 0 spiro atoms. The fourth-order valence-corrected chi connectivity index (χ4v) is 2.66. The number of hydrogen-bond donors (Lipinski definition) is 2. The van der Waals surface area contributed by atoms with Gasteiger partial charge in [0, 0.05) is 22.8 Å². The maximum atomic E-state index is 6.03. The number of nitrogens with zero attached hydrogens (tertiary/aromatic N) is 2. The molecule has 0 aliphatic heterocycles. The molecule has 122 valence electrons. The van der Waals surface area contributed by atoms with E-state index in [9.17, 15) is 0 Å². The first-order valence-electron chi connectivity index (χ1n) is 7.80. The van der Waals surface area contributed by atoms with E-state index in [0.717, 1.165) is 17.3 Å². The number of anilines is 3. The van der Waals surface area contributed by atoms with Crippen LogP contribution in [0.25, 0.3) is 0 Å². The van der Waals surface area contributed by atoms with Crippen molar-refractivity contribution >= 4 is 28.9 Å². The summed E-state index contributed by atoms with van der Waals surface area (Å²) in [6, 6.07) is 19.9. The normalized spacial score (nSPS) is 11.8. The van der Waals surface area contributed by atoms with E-state index < -0.39 is 0 Å². The van der Waals surface area contributed by atoms with Crippen molar-refractivity contribution in [3.05, 3.63) is 77.1 Å². The Bertz CT molecular complexity index is 821. The summed E-state index contributed by atoms with van der Waals surface area (Å²) in [5.74, 6) is 2.21. The van der Waals surface area contributed by atoms with Crippen molar-refractivity contribution in [2.75, 3.05) is 10.6 Å². The topological polar surface area (TPSA) is 49.8 Å². The largest absolute Gasteiger partial charge is 0.363 e. The molecule has 0 saturated carbocycles. The minimum absolute atomic E-state index is 0.152. The molecule has 0 radical (unpaired) electrons. The summed E-state index contributed by atoms with van der Waals surface area (Å²) in [5, 5.41) is 7.37. The number of nitrogens with one attached hydrogen (secondary N) is 2. The van der Waals surface area contributed by atoms with Gasteiger partial charge in [-0.2, -0.15) is 0 Å². The summed E-state index contributed by atoms with van der Waals surface area (Å²) < 4.78 is 0. The van der Waals surface area contributed by atoms with Crippen molar-refractivity contribution in [2.45, 2.75) is 19.9 Å². The molecule has 1 atom stereocenters. The molecule has 1 heterocycles. The summed E-state index contributed by atoms with van der Waals surface area (Å²) in [5.41, 5.74) is 2.10. The van der Waals surface area contributed by atoms with Crippen LogP contribution < -0.4 is 10.6 Å². The first kappa shape index (κ1) is 16.3. The van der Waals surface area contributed by atoms with E-state index in [1.807, 2.05) is 55.5 Å². The summed E-state index contributed by atoms with van der Waals surface area (Å²) in [7, 11) is 0. The van der Waals surface area contributed by atoms with Crippen molar-refractivity contribution in [3.8, 4) is 0 Å². The van der Waals surface area contributed by atoms with E-state index in [1.54, 1.807) is 0 Å². The van der Waals surface area contributed by atoms with Gasteiger partial charge in [-0.05, 0) is 37.6 Å². The van der Waals surface area contributed by atoms with Gasteiger partial charge in [0.15, 0.2) is 0 Å². The van der Waals surface area contributed by atoms with Crippen LogP contribution in [0.5, 0.6) is 0 Å².